The Hall–Kier alpha value is -0.430. The molecule has 0 amide bonds. The van der Waals surface area contributed by atoms with Crippen molar-refractivity contribution >= 4 is 9.39 Å². The lowest BCUT2D eigenvalue weighted by Gasteiger charge is -2.13. The summed E-state index contributed by atoms with van der Waals surface area (Å²) in [6.45, 7) is 12.7. The van der Waals surface area contributed by atoms with Crippen molar-refractivity contribution in [2.45, 2.75) is 25.5 Å². The van der Waals surface area contributed by atoms with Crippen LogP contribution in [0.5, 0.6) is 0 Å². The van der Waals surface area contributed by atoms with Gasteiger partial charge in [0.05, 0.1) is 12.7 Å². The third kappa shape index (κ3) is 4.71. The smallest absolute Gasteiger partial charge is 0.0968 e. The molecule has 1 saturated heterocycles. The highest BCUT2D eigenvalue weighted by atomic mass is 31.0. The van der Waals surface area contributed by atoms with Gasteiger partial charge < -0.3 is 4.74 Å². The van der Waals surface area contributed by atoms with Crippen LogP contribution in [0.4, 0.5) is 0 Å². The molecule has 1 fully saturated rings. The van der Waals surface area contributed by atoms with Crippen molar-refractivity contribution in [2.24, 2.45) is 0 Å². The van der Waals surface area contributed by atoms with Crippen LogP contribution in [-0.2, 0) is 4.74 Å². The van der Waals surface area contributed by atoms with Gasteiger partial charge in [-0.1, -0.05) is 33.7 Å². The molecular formula is C11H20NOP. The molecule has 0 bridgehead atoms. The van der Waals surface area contributed by atoms with Crippen LogP contribution in [0.3, 0.4) is 0 Å². The molecule has 1 aliphatic rings. The summed E-state index contributed by atoms with van der Waals surface area (Å²) in [5.74, 6) is 0. The zero-order chi connectivity index (χ0) is 11.0. The lowest BCUT2D eigenvalue weighted by molar-refractivity contribution is 0.363. The molecule has 0 spiro atoms. The molecule has 1 rings (SSSR count). The van der Waals surface area contributed by atoms with E-state index in [0.717, 1.165) is 13.0 Å². The van der Waals surface area contributed by atoms with E-state index < -0.39 is 0 Å². The zero-order valence-corrected chi connectivity index (χ0v) is 9.99. The SMILES string of the molecule is C=C.C=C/C(=C\C)C[C@H](NP)C1CO1. The van der Waals surface area contributed by atoms with E-state index in [2.05, 4.69) is 40.3 Å². The second-order valence-electron chi connectivity index (χ2n) is 2.92. The molecule has 1 N–H and O–H groups in total. The Balaban J connectivity index is 0.000000791. The van der Waals surface area contributed by atoms with Crippen LogP contribution in [0.15, 0.2) is 37.5 Å². The van der Waals surface area contributed by atoms with Gasteiger partial charge in [0.25, 0.3) is 0 Å². The highest BCUT2D eigenvalue weighted by molar-refractivity contribution is 7.13. The maximum absolute atomic E-state index is 5.21. The normalized spacial score (nSPS) is 21.9. The summed E-state index contributed by atoms with van der Waals surface area (Å²) in [7, 11) is 2.54. The number of hydrogen-bond acceptors (Lipinski definition) is 2. The fourth-order valence-electron chi connectivity index (χ4n) is 1.16. The minimum atomic E-state index is 0.400. The van der Waals surface area contributed by atoms with Crippen LogP contribution in [0.2, 0.25) is 0 Å². The van der Waals surface area contributed by atoms with Crippen molar-refractivity contribution in [1.82, 2.24) is 5.09 Å². The first-order valence-electron chi connectivity index (χ1n) is 4.67. The van der Waals surface area contributed by atoms with E-state index in [1.54, 1.807) is 0 Å². The van der Waals surface area contributed by atoms with E-state index in [-0.39, 0.29) is 0 Å². The second kappa shape index (κ2) is 7.93. The van der Waals surface area contributed by atoms with E-state index in [4.69, 9.17) is 4.74 Å². The first-order valence-corrected chi connectivity index (χ1v) is 5.25. The van der Waals surface area contributed by atoms with E-state index >= 15 is 0 Å². The molecule has 0 aromatic carbocycles. The van der Waals surface area contributed by atoms with Crippen molar-refractivity contribution in [1.29, 1.82) is 0 Å². The van der Waals surface area contributed by atoms with Gasteiger partial charge in [-0.15, -0.1) is 13.2 Å². The minimum absolute atomic E-state index is 0.400. The molecule has 1 heterocycles. The summed E-state index contributed by atoms with van der Waals surface area (Å²) in [6.07, 6.45) is 5.38. The van der Waals surface area contributed by atoms with E-state index in [0.29, 0.717) is 12.1 Å². The van der Waals surface area contributed by atoms with Crippen LogP contribution in [0.25, 0.3) is 0 Å². The molecule has 0 aromatic rings. The van der Waals surface area contributed by atoms with Gasteiger partial charge in [0.1, 0.15) is 0 Å². The quantitative estimate of drug-likeness (QED) is 0.328. The monoisotopic (exact) mass is 213 g/mol. The predicted molar refractivity (Wildman–Crippen MR) is 66.2 cm³/mol. The average molecular weight is 213 g/mol. The maximum Gasteiger partial charge on any atom is 0.0968 e. The Morgan fingerprint density at radius 1 is 1.71 bits per heavy atom. The number of rotatable bonds is 5. The molecule has 0 aliphatic carbocycles. The number of hydrogen-bond donors (Lipinski definition) is 1. The first-order chi connectivity index (χ1) is 6.81. The van der Waals surface area contributed by atoms with Crippen LogP contribution < -0.4 is 5.09 Å². The predicted octanol–water partition coefficient (Wildman–Crippen LogP) is 2.46. The highest BCUT2D eigenvalue weighted by Gasteiger charge is 2.31. The summed E-state index contributed by atoms with van der Waals surface area (Å²) in [5, 5.41) is 3.17. The van der Waals surface area contributed by atoms with Crippen LogP contribution >= 0.6 is 9.39 Å². The summed E-state index contributed by atoms with van der Waals surface area (Å²) in [6, 6.07) is 0.416. The van der Waals surface area contributed by atoms with Gasteiger partial charge in [0.2, 0.25) is 0 Å². The second-order valence-corrected chi connectivity index (χ2v) is 3.25. The lowest BCUT2D eigenvalue weighted by Crippen LogP contribution is -2.26. The van der Waals surface area contributed by atoms with E-state index in [1.165, 1.54) is 5.57 Å². The summed E-state index contributed by atoms with van der Waals surface area (Å²) in [4.78, 5) is 0. The molecular weight excluding hydrogens is 193 g/mol. The molecule has 0 saturated carbocycles. The van der Waals surface area contributed by atoms with Gasteiger partial charge in [0.15, 0.2) is 0 Å². The highest BCUT2D eigenvalue weighted by Crippen LogP contribution is 2.20. The maximum atomic E-state index is 5.21. The van der Waals surface area contributed by atoms with Crippen molar-refractivity contribution in [3.8, 4) is 0 Å². The molecule has 2 unspecified atom stereocenters. The molecule has 14 heavy (non-hydrogen) atoms. The average Bonchev–Trinajstić information content (AvgIpc) is 3.07. The van der Waals surface area contributed by atoms with Gasteiger partial charge in [0, 0.05) is 6.04 Å². The van der Waals surface area contributed by atoms with Crippen molar-refractivity contribution in [3.05, 3.63) is 37.5 Å². The zero-order valence-electron chi connectivity index (χ0n) is 8.83. The fourth-order valence-corrected chi connectivity index (χ4v) is 1.49. The molecule has 80 valence electrons. The lowest BCUT2D eigenvalue weighted by atomic mass is 10.0. The fraction of sp³-hybridized carbons (Fsp3) is 0.455. The molecule has 2 nitrogen and oxygen atoms in total. The summed E-state index contributed by atoms with van der Waals surface area (Å²) in [5.41, 5.74) is 1.27. The van der Waals surface area contributed by atoms with E-state index in [1.807, 2.05) is 13.0 Å². The molecule has 0 aromatic heterocycles. The molecule has 0 radical (unpaired) electrons. The van der Waals surface area contributed by atoms with Gasteiger partial charge >= 0.3 is 0 Å². The standard InChI is InChI=1S/C9H16NOP.C2H4/c1-3-7(4-2)5-8(10-12)9-6-11-9;1-2/h3-4,8-10H,1,5-6,12H2,2H3;1-2H2/b7-4+;/t8-,9?;/m0./s1. The minimum Gasteiger partial charge on any atom is -0.371 e. The first kappa shape index (κ1) is 13.6. The van der Waals surface area contributed by atoms with E-state index in [9.17, 15) is 0 Å². The van der Waals surface area contributed by atoms with Crippen molar-refractivity contribution < 1.29 is 4.74 Å². The number of epoxide rings is 1. The van der Waals surface area contributed by atoms with Crippen LogP contribution in [0.1, 0.15) is 13.3 Å². The van der Waals surface area contributed by atoms with Gasteiger partial charge in [-0.2, -0.15) is 0 Å². The van der Waals surface area contributed by atoms with Crippen LogP contribution in [-0.4, -0.2) is 18.8 Å². The van der Waals surface area contributed by atoms with Crippen molar-refractivity contribution in [3.63, 3.8) is 0 Å². The number of allylic oxidation sites excluding steroid dienone is 2. The largest absolute Gasteiger partial charge is 0.371 e. The Labute approximate surface area is 89.4 Å². The molecule has 3 heteroatoms. The third-order valence-electron chi connectivity index (χ3n) is 2.11. The Bertz CT molecular complexity index is 199. The van der Waals surface area contributed by atoms with Gasteiger partial charge in [-0.3, -0.25) is 5.09 Å². The van der Waals surface area contributed by atoms with Gasteiger partial charge in [-0.05, 0) is 13.3 Å². The Morgan fingerprint density at radius 3 is 2.57 bits per heavy atom. The topological polar surface area (TPSA) is 24.6 Å². The van der Waals surface area contributed by atoms with Crippen LogP contribution in [0, 0.1) is 0 Å². The third-order valence-corrected chi connectivity index (χ3v) is 2.54. The number of nitrogens with one attached hydrogen (secondary N) is 1. The van der Waals surface area contributed by atoms with Crippen molar-refractivity contribution in [2.75, 3.05) is 6.61 Å². The molecule has 1 aliphatic heterocycles. The Kier molecular flexibility index (Phi) is 7.68. The summed E-state index contributed by atoms with van der Waals surface area (Å²) < 4.78 is 5.21. The Morgan fingerprint density at radius 2 is 2.29 bits per heavy atom. The number of ether oxygens (including phenoxy) is 1. The molecule has 3 atom stereocenters. The summed E-state index contributed by atoms with van der Waals surface area (Å²) >= 11 is 0. The van der Waals surface area contributed by atoms with Gasteiger partial charge in [-0.25, -0.2) is 0 Å².